The SMILES string of the molecule is CCCCCCc1ccc(C(=O)OOOC(=O)OCC2CCC(COC(=O)OOOC(=O)c3ccc(CCCCCC)cc3)CC2)cc1. The van der Waals surface area contributed by atoms with Crippen molar-refractivity contribution in [2.75, 3.05) is 13.2 Å². The zero-order valence-electron chi connectivity index (χ0n) is 28.0. The predicted octanol–water partition coefficient (Wildman–Crippen LogP) is 8.75. The zero-order chi connectivity index (χ0) is 34.4. The van der Waals surface area contributed by atoms with Gasteiger partial charge in [-0.25, -0.2) is 29.0 Å². The normalized spacial score (nSPS) is 15.6. The summed E-state index contributed by atoms with van der Waals surface area (Å²) in [5, 5.41) is 8.62. The van der Waals surface area contributed by atoms with Gasteiger partial charge in [-0.05, 0) is 98.6 Å². The van der Waals surface area contributed by atoms with Crippen LogP contribution < -0.4 is 0 Å². The molecule has 0 N–H and O–H groups in total. The van der Waals surface area contributed by atoms with Gasteiger partial charge < -0.3 is 9.47 Å². The second kappa shape index (κ2) is 22.4. The summed E-state index contributed by atoms with van der Waals surface area (Å²) in [5.74, 6) is -1.46. The summed E-state index contributed by atoms with van der Waals surface area (Å²) in [6.45, 7) is 4.51. The fourth-order valence-electron chi connectivity index (χ4n) is 5.36. The quantitative estimate of drug-likeness (QED) is 0.0574. The molecule has 12 nitrogen and oxygen atoms in total. The van der Waals surface area contributed by atoms with E-state index in [1.165, 1.54) is 38.5 Å². The maximum atomic E-state index is 12.1. The minimum absolute atomic E-state index is 0.0710. The van der Waals surface area contributed by atoms with Crippen LogP contribution in [0.4, 0.5) is 9.59 Å². The van der Waals surface area contributed by atoms with Crippen LogP contribution in [0.1, 0.15) is 123 Å². The largest absolute Gasteiger partial charge is 0.543 e. The topological polar surface area (TPSA) is 142 Å². The monoisotopic (exact) mass is 672 g/mol. The van der Waals surface area contributed by atoms with Crippen molar-refractivity contribution in [1.82, 2.24) is 0 Å². The van der Waals surface area contributed by atoms with E-state index >= 15 is 0 Å². The lowest BCUT2D eigenvalue weighted by Crippen LogP contribution is -2.24. The molecule has 12 heteroatoms. The zero-order valence-corrected chi connectivity index (χ0v) is 28.0. The Bertz CT molecular complexity index is 1140. The fourth-order valence-corrected chi connectivity index (χ4v) is 5.36. The molecular weight excluding hydrogens is 624 g/mol. The van der Waals surface area contributed by atoms with Crippen molar-refractivity contribution in [3.63, 3.8) is 0 Å². The molecule has 0 bridgehead atoms. The van der Waals surface area contributed by atoms with Crippen LogP contribution in [0, 0.1) is 11.8 Å². The van der Waals surface area contributed by atoms with Gasteiger partial charge in [0.1, 0.15) is 0 Å². The van der Waals surface area contributed by atoms with E-state index in [1.54, 1.807) is 24.3 Å². The number of rotatable bonds is 20. The molecule has 1 aliphatic carbocycles. The van der Waals surface area contributed by atoms with E-state index in [0.29, 0.717) is 25.7 Å². The molecule has 2 aromatic carbocycles. The molecule has 0 saturated heterocycles. The van der Waals surface area contributed by atoms with Crippen LogP contribution in [0.15, 0.2) is 48.5 Å². The van der Waals surface area contributed by atoms with Crippen molar-refractivity contribution in [3.8, 4) is 0 Å². The maximum absolute atomic E-state index is 12.1. The molecule has 48 heavy (non-hydrogen) atoms. The third-order valence-corrected chi connectivity index (χ3v) is 8.28. The molecule has 0 aliphatic heterocycles. The Morgan fingerprint density at radius 3 is 1.25 bits per heavy atom. The van der Waals surface area contributed by atoms with Crippen molar-refractivity contribution in [2.24, 2.45) is 11.8 Å². The lowest BCUT2D eigenvalue weighted by Gasteiger charge is -2.27. The predicted molar refractivity (Wildman–Crippen MR) is 172 cm³/mol. The van der Waals surface area contributed by atoms with Crippen LogP contribution >= 0.6 is 0 Å². The molecule has 0 radical (unpaired) electrons. The number of hydrogen-bond donors (Lipinski definition) is 0. The number of ether oxygens (including phenoxy) is 2. The molecule has 1 aliphatic rings. The molecule has 1 fully saturated rings. The van der Waals surface area contributed by atoms with Crippen molar-refractivity contribution in [3.05, 3.63) is 70.8 Å². The van der Waals surface area contributed by atoms with Crippen molar-refractivity contribution < 1.29 is 58.3 Å². The molecule has 3 rings (SSSR count). The first-order valence-electron chi connectivity index (χ1n) is 17.0. The summed E-state index contributed by atoms with van der Waals surface area (Å²) in [4.78, 5) is 65.7. The Hall–Kier alpha value is -4.16. The van der Waals surface area contributed by atoms with Gasteiger partial charge in [0, 0.05) is 0 Å². The molecule has 0 aromatic heterocycles. The van der Waals surface area contributed by atoms with E-state index in [0.717, 1.165) is 36.8 Å². The molecule has 2 aromatic rings. The fraction of sp³-hybridized carbons (Fsp3) is 0.556. The van der Waals surface area contributed by atoms with Gasteiger partial charge in [-0.15, -0.1) is 0 Å². The van der Waals surface area contributed by atoms with E-state index in [1.807, 2.05) is 24.3 Å². The molecule has 0 amide bonds. The minimum Gasteiger partial charge on any atom is -0.432 e. The van der Waals surface area contributed by atoms with Gasteiger partial charge in [0.2, 0.25) is 0 Å². The van der Waals surface area contributed by atoms with Gasteiger partial charge in [-0.3, -0.25) is 9.78 Å². The van der Waals surface area contributed by atoms with Crippen LogP contribution in [0.25, 0.3) is 0 Å². The van der Waals surface area contributed by atoms with Gasteiger partial charge in [-0.1, -0.05) is 76.6 Å². The average Bonchev–Trinajstić information content (AvgIpc) is 3.11. The summed E-state index contributed by atoms with van der Waals surface area (Å²) in [6.07, 6.45) is 11.8. The molecule has 0 unspecified atom stereocenters. The summed E-state index contributed by atoms with van der Waals surface area (Å²) in [5.41, 5.74) is 2.78. The number of carbonyl (C=O) groups is 4. The smallest absolute Gasteiger partial charge is 0.432 e. The van der Waals surface area contributed by atoms with Gasteiger partial charge in [-0.2, -0.15) is 0 Å². The highest BCUT2D eigenvalue weighted by molar-refractivity contribution is 5.89. The van der Waals surface area contributed by atoms with Crippen molar-refractivity contribution >= 4 is 24.2 Å². The van der Waals surface area contributed by atoms with E-state index in [-0.39, 0.29) is 36.2 Å². The van der Waals surface area contributed by atoms with Gasteiger partial charge >= 0.3 is 24.2 Å². The van der Waals surface area contributed by atoms with Crippen molar-refractivity contribution in [1.29, 1.82) is 0 Å². The summed E-state index contributed by atoms with van der Waals surface area (Å²) >= 11 is 0. The molecule has 264 valence electrons. The lowest BCUT2D eigenvalue weighted by atomic mass is 9.83. The Labute approximate surface area is 282 Å². The number of benzene rings is 2. The second-order valence-electron chi connectivity index (χ2n) is 12.1. The summed E-state index contributed by atoms with van der Waals surface area (Å²) in [7, 11) is 0. The van der Waals surface area contributed by atoms with Gasteiger partial charge in [0.05, 0.1) is 34.4 Å². The van der Waals surface area contributed by atoms with Crippen molar-refractivity contribution in [2.45, 2.75) is 104 Å². The molecule has 0 spiro atoms. The molecule has 0 heterocycles. The average molecular weight is 673 g/mol. The third kappa shape index (κ3) is 15.2. The van der Waals surface area contributed by atoms with E-state index < -0.39 is 24.2 Å². The Morgan fingerprint density at radius 2 is 0.896 bits per heavy atom. The standard InChI is InChI=1S/C36H48O12/c1-3-5-7-9-11-27-17-21-31(22-18-27)33(37)43-47-45-35(39)41-25-29-13-15-30(16-14-29)26-42-36(40)46-48-44-34(38)32-23-19-28(20-24-32)12-10-8-6-4-2/h17-24,29-30H,3-16,25-26H2,1-2H3. The van der Waals surface area contributed by atoms with E-state index in [9.17, 15) is 19.2 Å². The minimum atomic E-state index is -1.13. The third-order valence-electron chi connectivity index (χ3n) is 8.28. The number of hydrogen-bond acceptors (Lipinski definition) is 12. The van der Waals surface area contributed by atoms with Crippen LogP contribution in [-0.2, 0) is 51.9 Å². The van der Waals surface area contributed by atoms with Gasteiger partial charge in [0.25, 0.3) is 0 Å². The Kier molecular flexibility index (Phi) is 17.9. The molecular formula is C36H48O12. The number of unbranched alkanes of at least 4 members (excludes halogenated alkanes) is 6. The highest BCUT2D eigenvalue weighted by Crippen LogP contribution is 2.29. The first-order chi connectivity index (χ1) is 23.4. The Morgan fingerprint density at radius 1 is 0.521 bits per heavy atom. The number of aryl methyl sites for hydroxylation is 2. The van der Waals surface area contributed by atoms with E-state index in [4.69, 9.17) is 9.47 Å². The Balaban J connectivity index is 1.19. The van der Waals surface area contributed by atoms with Crippen LogP contribution in [0.2, 0.25) is 0 Å². The van der Waals surface area contributed by atoms with E-state index in [2.05, 4.69) is 43.5 Å². The second-order valence-corrected chi connectivity index (χ2v) is 12.1. The molecule has 0 atom stereocenters. The first kappa shape index (κ1) is 38.3. The highest BCUT2D eigenvalue weighted by Gasteiger charge is 2.25. The summed E-state index contributed by atoms with van der Waals surface area (Å²) in [6, 6.07) is 13.9. The number of carbonyl (C=O) groups excluding carboxylic acids is 4. The van der Waals surface area contributed by atoms with Crippen LogP contribution in [0.5, 0.6) is 0 Å². The highest BCUT2D eigenvalue weighted by atomic mass is 17.5. The lowest BCUT2D eigenvalue weighted by molar-refractivity contribution is -0.452. The summed E-state index contributed by atoms with van der Waals surface area (Å²) < 4.78 is 10.1. The maximum Gasteiger partial charge on any atom is 0.543 e. The van der Waals surface area contributed by atoms with Crippen LogP contribution in [-0.4, -0.2) is 37.5 Å². The molecule has 1 saturated carbocycles. The van der Waals surface area contributed by atoms with Gasteiger partial charge in [0.15, 0.2) is 0 Å². The first-order valence-corrected chi connectivity index (χ1v) is 17.0. The van der Waals surface area contributed by atoms with Crippen LogP contribution in [0.3, 0.4) is 0 Å².